The van der Waals surface area contributed by atoms with Gasteiger partial charge in [-0.3, -0.25) is 14.7 Å². The zero-order valence-corrected chi connectivity index (χ0v) is 22.3. The van der Waals surface area contributed by atoms with Gasteiger partial charge in [-0.25, -0.2) is 9.18 Å². The zero-order valence-electron chi connectivity index (χ0n) is 22.3. The van der Waals surface area contributed by atoms with Gasteiger partial charge in [-0.1, -0.05) is 6.92 Å². The van der Waals surface area contributed by atoms with Crippen LogP contribution < -0.4 is 15.4 Å². The molecule has 4 rings (SSSR count). The third-order valence-corrected chi connectivity index (χ3v) is 6.72. The molecule has 39 heavy (non-hydrogen) atoms. The van der Waals surface area contributed by atoms with Crippen LogP contribution in [0.3, 0.4) is 0 Å². The highest BCUT2D eigenvalue weighted by molar-refractivity contribution is 6.02. The van der Waals surface area contributed by atoms with Crippen molar-refractivity contribution >= 4 is 23.3 Å². The molecule has 1 aromatic heterocycles. The number of aromatic nitrogens is 1. The van der Waals surface area contributed by atoms with Crippen LogP contribution in [0.2, 0.25) is 0 Å². The SMILES string of the molecule is C[C@H]1CN([C@@H](C)CO)C(=O)c2cc(NC(=O)Nc3ccc(F)cc3)ccc2O[C@@H]1CN(C)Cc1ccncc1. The van der Waals surface area contributed by atoms with Crippen LogP contribution >= 0.6 is 0 Å². The second-order valence-electron chi connectivity index (χ2n) is 9.97. The van der Waals surface area contributed by atoms with Crippen molar-refractivity contribution in [1.29, 1.82) is 0 Å². The summed E-state index contributed by atoms with van der Waals surface area (Å²) in [6.07, 6.45) is 3.29. The fraction of sp³-hybridized carbons (Fsp3) is 0.345. The quantitative estimate of drug-likeness (QED) is 0.399. The Balaban J connectivity index is 1.55. The molecule has 0 bridgehead atoms. The van der Waals surface area contributed by atoms with Crippen LogP contribution in [0.4, 0.5) is 20.6 Å². The van der Waals surface area contributed by atoms with E-state index < -0.39 is 17.9 Å². The first-order valence-electron chi connectivity index (χ1n) is 12.9. The number of anilines is 2. The van der Waals surface area contributed by atoms with Gasteiger partial charge in [0.1, 0.15) is 17.7 Å². The minimum atomic E-state index is -0.536. The molecule has 0 unspecified atom stereocenters. The van der Waals surface area contributed by atoms with Crippen LogP contribution in [0.5, 0.6) is 5.75 Å². The zero-order chi connectivity index (χ0) is 27.9. The number of ether oxygens (including phenoxy) is 1. The van der Waals surface area contributed by atoms with Gasteiger partial charge in [-0.2, -0.15) is 0 Å². The summed E-state index contributed by atoms with van der Waals surface area (Å²) in [6, 6.07) is 13.3. The highest BCUT2D eigenvalue weighted by atomic mass is 19.1. The average Bonchev–Trinajstić information content (AvgIpc) is 2.92. The number of halogens is 1. The Kier molecular flexibility index (Phi) is 9.11. The van der Waals surface area contributed by atoms with Crippen molar-refractivity contribution in [2.24, 2.45) is 5.92 Å². The van der Waals surface area contributed by atoms with E-state index in [4.69, 9.17) is 4.74 Å². The molecule has 1 aliphatic heterocycles. The molecule has 0 aliphatic carbocycles. The number of aliphatic hydroxyl groups excluding tert-OH is 1. The minimum Gasteiger partial charge on any atom is -0.488 e. The maximum Gasteiger partial charge on any atom is 0.323 e. The summed E-state index contributed by atoms with van der Waals surface area (Å²) in [4.78, 5) is 34.1. The van der Waals surface area contributed by atoms with Crippen molar-refractivity contribution < 1.29 is 23.8 Å². The molecule has 0 radical (unpaired) electrons. The number of urea groups is 1. The molecule has 2 heterocycles. The van der Waals surface area contributed by atoms with Crippen molar-refractivity contribution in [1.82, 2.24) is 14.8 Å². The van der Waals surface area contributed by atoms with Gasteiger partial charge in [-0.05, 0) is 74.1 Å². The number of rotatable bonds is 8. The van der Waals surface area contributed by atoms with Crippen molar-refractivity contribution in [3.05, 3.63) is 83.9 Å². The lowest BCUT2D eigenvalue weighted by atomic mass is 9.99. The predicted octanol–water partition coefficient (Wildman–Crippen LogP) is 4.22. The van der Waals surface area contributed by atoms with E-state index in [1.54, 1.807) is 42.4 Å². The molecule has 3 atom stereocenters. The number of amides is 3. The number of fused-ring (bicyclic) bond motifs is 1. The van der Waals surface area contributed by atoms with Gasteiger partial charge < -0.3 is 25.4 Å². The Hall–Kier alpha value is -4.02. The van der Waals surface area contributed by atoms with Gasteiger partial charge >= 0.3 is 6.03 Å². The Morgan fingerprint density at radius 2 is 1.82 bits per heavy atom. The average molecular weight is 536 g/mol. The van der Waals surface area contributed by atoms with Crippen molar-refractivity contribution in [2.45, 2.75) is 32.5 Å². The molecular formula is C29H34FN5O4. The predicted molar refractivity (Wildman–Crippen MR) is 147 cm³/mol. The number of hydrogen-bond donors (Lipinski definition) is 3. The lowest BCUT2D eigenvalue weighted by Crippen LogP contribution is -2.49. The fourth-order valence-electron chi connectivity index (χ4n) is 4.52. The van der Waals surface area contributed by atoms with E-state index in [2.05, 4.69) is 20.5 Å². The topological polar surface area (TPSA) is 107 Å². The molecule has 9 nitrogen and oxygen atoms in total. The Morgan fingerprint density at radius 3 is 2.51 bits per heavy atom. The molecule has 2 aromatic carbocycles. The second kappa shape index (κ2) is 12.7. The molecule has 0 fully saturated rings. The maximum absolute atomic E-state index is 13.6. The summed E-state index contributed by atoms with van der Waals surface area (Å²) < 4.78 is 19.6. The van der Waals surface area contributed by atoms with Crippen molar-refractivity contribution in [2.75, 3.05) is 37.4 Å². The van der Waals surface area contributed by atoms with E-state index in [0.717, 1.165) is 5.56 Å². The van der Waals surface area contributed by atoms with E-state index in [1.807, 2.05) is 26.1 Å². The first-order chi connectivity index (χ1) is 18.7. The lowest BCUT2D eigenvalue weighted by molar-refractivity contribution is 0.0341. The Labute approximate surface area is 227 Å². The van der Waals surface area contributed by atoms with E-state index in [1.165, 1.54) is 24.3 Å². The standard InChI is InChI=1S/C29H34FN5O4/c1-19-15-35(20(2)18-36)28(37)25-14-24(33-29(38)32-23-6-4-22(30)5-7-23)8-9-26(25)39-27(19)17-34(3)16-21-10-12-31-13-11-21/h4-14,19-20,27,36H,15-18H2,1-3H3,(H2,32,33,38)/t19-,20-,27+/m0/s1. The summed E-state index contributed by atoms with van der Waals surface area (Å²) in [7, 11) is 2.02. The molecule has 0 saturated heterocycles. The number of likely N-dealkylation sites (N-methyl/N-ethyl adjacent to an activating group) is 1. The van der Waals surface area contributed by atoms with Gasteiger partial charge in [0, 0.05) is 49.3 Å². The van der Waals surface area contributed by atoms with Crippen LogP contribution in [0.15, 0.2) is 67.0 Å². The number of pyridine rings is 1. The third kappa shape index (κ3) is 7.30. The van der Waals surface area contributed by atoms with Gasteiger partial charge in [0.05, 0.1) is 18.2 Å². The van der Waals surface area contributed by atoms with Gasteiger partial charge in [0.25, 0.3) is 5.91 Å². The van der Waals surface area contributed by atoms with E-state index in [0.29, 0.717) is 42.3 Å². The second-order valence-corrected chi connectivity index (χ2v) is 9.97. The summed E-state index contributed by atoms with van der Waals surface area (Å²) in [6.45, 7) is 5.38. The number of benzene rings is 2. The van der Waals surface area contributed by atoms with E-state index >= 15 is 0 Å². The Morgan fingerprint density at radius 1 is 1.15 bits per heavy atom. The number of carbonyl (C=O) groups is 2. The third-order valence-electron chi connectivity index (χ3n) is 6.72. The Bertz CT molecular complexity index is 1270. The minimum absolute atomic E-state index is 0.0183. The summed E-state index contributed by atoms with van der Waals surface area (Å²) in [5.41, 5.74) is 2.24. The normalized spacial score (nSPS) is 18.0. The highest BCUT2D eigenvalue weighted by Gasteiger charge is 2.33. The highest BCUT2D eigenvalue weighted by Crippen LogP contribution is 2.31. The van der Waals surface area contributed by atoms with Crippen LogP contribution in [0.1, 0.15) is 29.8 Å². The first kappa shape index (κ1) is 28.0. The number of nitrogens with zero attached hydrogens (tertiary/aromatic N) is 3. The monoisotopic (exact) mass is 535 g/mol. The van der Waals surface area contributed by atoms with Gasteiger partial charge in [0.2, 0.25) is 0 Å². The molecule has 3 aromatic rings. The number of aliphatic hydroxyl groups is 1. The van der Waals surface area contributed by atoms with Gasteiger partial charge in [-0.15, -0.1) is 0 Å². The van der Waals surface area contributed by atoms with Gasteiger partial charge in [0.15, 0.2) is 0 Å². The molecule has 3 N–H and O–H groups in total. The molecule has 0 saturated carbocycles. The molecule has 206 valence electrons. The lowest BCUT2D eigenvalue weighted by Gasteiger charge is -2.38. The number of carbonyl (C=O) groups excluding carboxylic acids is 2. The molecule has 0 spiro atoms. The van der Waals surface area contributed by atoms with Crippen LogP contribution in [-0.4, -0.2) is 70.7 Å². The molecule has 1 aliphatic rings. The van der Waals surface area contributed by atoms with E-state index in [-0.39, 0.29) is 24.5 Å². The summed E-state index contributed by atoms with van der Waals surface area (Å²) >= 11 is 0. The van der Waals surface area contributed by atoms with Crippen molar-refractivity contribution in [3.63, 3.8) is 0 Å². The van der Waals surface area contributed by atoms with Crippen LogP contribution in [-0.2, 0) is 6.54 Å². The van der Waals surface area contributed by atoms with Crippen LogP contribution in [0, 0.1) is 11.7 Å². The molecular weight excluding hydrogens is 501 g/mol. The van der Waals surface area contributed by atoms with Crippen molar-refractivity contribution in [3.8, 4) is 5.75 Å². The molecule has 3 amide bonds. The fourth-order valence-corrected chi connectivity index (χ4v) is 4.52. The summed E-state index contributed by atoms with van der Waals surface area (Å²) in [5.74, 6) is -0.299. The maximum atomic E-state index is 13.6. The number of nitrogens with one attached hydrogen (secondary N) is 2. The first-order valence-corrected chi connectivity index (χ1v) is 12.9. The van der Waals surface area contributed by atoms with E-state index in [9.17, 15) is 19.1 Å². The summed E-state index contributed by atoms with van der Waals surface area (Å²) in [5, 5.41) is 15.2. The molecule has 10 heteroatoms. The number of hydrogen-bond acceptors (Lipinski definition) is 6. The van der Waals surface area contributed by atoms with Crippen LogP contribution in [0.25, 0.3) is 0 Å². The smallest absolute Gasteiger partial charge is 0.323 e. The largest absolute Gasteiger partial charge is 0.488 e.